The third kappa shape index (κ3) is 6.96. The van der Waals surface area contributed by atoms with E-state index >= 15 is 0 Å². The maximum atomic E-state index is 10.9. The lowest BCUT2D eigenvalue weighted by atomic mass is 9.60. The first-order valence-electron chi connectivity index (χ1n) is 15.5. The molecule has 3 aliphatic carbocycles. The van der Waals surface area contributed by atoms with Crippen molar-refractivity contribution in [3.63, 3.8) is 0 Å². The van der Waals surface area contributed by atoms with Crippen LogP contribution in [0.25, 0.3) is 0 Å². The van der Waals surface area contributed by atoms with Crippen LogP contribution in [0.2, 0.25) is 18.1 Å². The fraction of sp³-hybridized carbons (Fsp3) is 0.824. The average Bonchev–Trinajstić information content (AvgIpc) is 3.10. The van der Waals surface area contributed by atoms with Gasteiger partial charge in [-0.15, -0.1) is 0 Å². The predicted molar refractivity (Wildman–Crippen MR) is 165 cm³/mol. The van der Waals surface area contributed by atoms with Crippen molar-refractivity contribution in [3.8, 4) is 0 Å². The first-order valence-corrected chi connectivity index (χ1v) is 18.4. The minimum Gasteiger partial charge on any atom is -0.408 e. The van der Waals surface area contributed by atoms with Gasteiger partial charge >= 0.3 is 0 Å². The van der Waals surface area contributed by atoms with Crippen LogP contribution >= 0.6 is 0 Å². The number of hydrogen-bond donors (Lipinski definition) is 2. The van der Waals surface area contributed by atoms with Crippen LogP contribution in [0.1, 0.15) is 120 Å². The summed E-state index contributed by atoms with van der Waals surface area (Å²) in [6, 6.07) is 0. The minimum absolute atomic E-state index is 0.113. The topological polar surface area (TPSA) is 49.7 Å². The van der Waals surface area contributed by atoms with E-state index in [4.69, 9.17) is 4.43 Å². The van der Waals surface area contributed by atoms with E-state index in [9.17, 15) is 10.2 Å². The maximum Gasteiger partial charge on any atom is 0.193 e. The summed E-state index contributed by atoms with van der Waals surface area (Å²) >= 11 is 0. The van der Waals surface area contributed by atoms with Crippen LogP contribution in [0, 0.1) is 23.2 Å². The molecule has 0 radical (unpaired) electrons. The van der Waals surface area contributed by atoms with Crippen LogP contribution in [0.5, 0.6) is 0 Å². The molecule has 0 aliphatic heterocycles. The van der Waals surface area contributed by atoms with Gasteiger partial charge in [-0.25, -0.2) is 0 Å². The lowest BCUT2D eigenvalue weighted by molar-refractivity contribution is 0.0288. The van der Waals surface area contributed by atoms with E-state index in [1.165, 1.54) is 44.1 Å². The minimum atomic E-state index is -2.02. The van der Waals surface area contributed by atoms with Gasteiger partial charge in [0.15, 0.2) is 8.32 Å². The standard InChI is InChI=1S/C34H60O3Si/c1-24(14-12-20-32(6,7)36)29-18-19-30-26(15-13-21-33(29,30)8)16-17-27-22-28(35)23-34(9,25(27)2)37-38(10,11)31(3,4)5/h16-17,24,28-30,35-36H,2,12-15,18-23H2,1,3-11H3/b26-16+,27-17-/t24-,28-,29?,30?,33+,34+/m0/s1. The number of fused-ring (bicyclic) bond motifs is 1. The summed E-state index contributed by atoms with van der Waals surface area (Å²) < 4.78 is 6.92. The van der Waals surface area contributed by atoms with Gasteiger partial charge in [-0.1, -0.05) is 71.8 Å². The molecular weight excluding hydrogens is 484 g/mol. The summed E-state index contributed by atoms with van der Waals surface area (Å²) in [5.41, 5.74) is 3.14. The van der Waals surface area contributed by atoms with E-state index in [1.54, 1.807) is 5.57 Å². The third-order valence-electron chi connectivity index (χ3n) is 11.1. The van der Waals surface area contributed by atoms with Crippen molar-refractivity contribution in [2.75, 3.05) is 0 Å². The van der Waals surface area contributed by atoms with Crippen molar-refractivity contribution in [1.29, 1.82) is 0 Å². The van der Waals surface area contributed by atoms with Crippen molar-refractivity contribution in [2.24, 2.45) is 23.2 Å². The zero-order valence-corrected chi connectivity index (χ0v) is 27.5. The highest BCUT2D eigenvalue weighted by Gasteiger charge is 2.51. The number of aliphatic hydroxyl groups is 2. The summed E-state index contributed by atoms with van der Waals surface area (Å²) in [5, 5.41) is 21.2. The molecule has 3 aliphatic rings. The number of allylic oxidation sites excluding steroid dienone is 3. The molecule has 0 spiro atoms. The summed E-state index contributed by atoms with van der Waals surface area (Å²) in [7, 11) is -2.02. The zero-order chi connectivity index (χ0) is 28.7. The number of rotatable bonds is 8. The van der Waals surface area contributed by atoms with Crippen LogP contribution in [-0.2, 0) is 4.43 Å². The summed E-state index contributed by atoms with van der Waals surface area (Å²) in [6.07, 6.45) is 15.2. The van der Waals surface area contributed by atoms with Crippen LogP contribution in [0.15, 0.2) is 35.5 Å². The van der Waals surface area contributed by atoms with Gasteiger partial charge in [-0.05, 0) is 118 Å². The molecule has 4 heteroatoms. The summed E-state index contributed by atoms with van der Waals surface area (Å²) in [6.45, 7) is 27.0. The van der Waals surface area contributed by atoms with Crippen LogP contribution < -0.4 is 0 Å². The van der Waals surface area contributed by atoms with Crippen molar-refractivity contribution >= 4 is 8.32 Å². The molecule has 3 fully saturated rings. The predicted octanol–water partition coefficient (Wildman–Crippen LogP) is 9.12. The Kier molecular flexibility index (Phi) is 9.47. The van der Waals surface area contributed by atoms with E-state index in [0.717, 1.165) is 24.3 Å². The Balaban J connectivity index is 1.78. The molecular formula is C34H60O3Si. The van der Waals surface area contributed by atoms with E-state index < -0.39 is 25.6 Å². The zero-order valence-electron chi connectivity index (χ0n) is 26.5. The average molecular weight is 545 g/mol. The summed E-state index contributed by atoms with van der Waals surface area (Å²) in [4.78, 5) is 0. The van der Waals surface area contributed by atoms with Gasteiger partial charge in [0.25, 0.3) is 0 Å². The fourth-order valence-electron chi connectivity index (χ4n) is 7.83. The van der Waals surface area contributed by atoms with Crippen LogP contribution in [0.4, 0.5) is 0 Å². The van der Waals surface area contributed by atoms with Crippen LogP contribution in [0.3, 0.4) is 0 Å². The van der Waals surface area contributed by atoms with E-state index in [1.807, 2.05) is 13.8 Å². The smallest absolute Gasteiger partial charge is 0.193 e. The second-order valence-electron chi connectivity index (χ2n) is 15.8. The van der Waals surface area contributed by atoms with Gasteiger partial charge in [0.05, 0.1) is 17.3 Å². The molecule has 0 saturated heterocycles. The fourth-order valence-corrected chi connectivity index (χ4v) is 9.47. The molecule has 2 N–H and O–H groups in total. The molecule has 6 atom stereocenters. The molecule has 0 heterocycles. The second-order valence-corrected chi connectivity index (χ2v) is 20.6. The third-order valence-corrected chi connectivity index (χ3v) is 15.6. The molecule has 0 aromatic carbocycles. The lowest BCUT2D eigenvalue weighted by Crippen LogP contribution is -2.52. The molecule has 3 nitrogen and oxygen atoms in total. The van der Waals surface area contributed by atoms with Crippen molar-refractivity contribution in [3.05, 3.63) is 35.5 Å². The van der Waals surface area contributed by atoms with Gasteiger partial charge in [-0.3, -0.25) is 0 Å². The Bertz CT molecular complexity index is 917. The Morgan fingerprint density at radius 1 is 1.13 bits per heavy atom. The monoisotopic (exact) mass is 544 g/mol. The van der Waals surface area contributed by atoms with Crippen molar-refractivity contribution in [2.45, 2.75) is 155 Å². The Hall–Kier alpha value is -0.683. The largest absolute Gasteiger partial charge is 0.408 e. The Labute approximate surface area is 236 Å². The van der Waals surface area contributed by atoms with Gasteiger partial charge in [0.2, 0.25) is 0 Å². The molecule has 0 aromatic heterocycles. The van der Waals surface area contributed by atoms with Crippen molar-refractivity contribution < 1.29 is 14.6 Å². The Morgan fingerprint density at radius 2 is 1.79 bits per heavy atom. The molecule has 0 bridgehead atoms. The van der Waals surface area contributed by atoms with Gasteiger partial charge in [-0.2, -0.15) is 0 Å². The highest BCUT2D eigenvalue weighted by molar-refractivity contribution is 6.74. The first-order chi connectivity index (χ1) is 17.3. The van der Waals surface area contributed by atoms with E-state index in [-0.39, 0.29) is 5.04 Å². The first kappa shape index (κ1) is 31.8. The lowest BCUT2D eigenvalue weighted by Gasteiger charge is -2.48. The molecule has 38 heavy (non-hydrogen) atoms. The quantitative estimate of drug-likeness (QED) is 0.300. The highest BCUT2D eigenvalue weighted by Crippen LogP contribution is 2.60. The molecule has 3 rings (SSSR count). The highest BCUT2D eigenvalue weighted by atomic mass is 28.4. The van der Waals surface area contributed by atoms with Gasteiger partial charge < -0.3 is 14.6 Å². The Morgan fingerprint density at radius 3 is 2.39 bits per heavy atom. The van der Waals surface area contributed by atoms with E-state index in [0.29, 0.717) is 30.1 Å². The number of aliphatic hydroxyl groups excluding tert-OH is 1. The van der Waals surface area contributed by atoms with Gasteiger partial charge in [0.1, 0.15) is 0 Å². The SMILES string of the molecule is C=C1/C(=C\C=C2/CCC[C@@]3(C)C2CCC3[C@@H](C)CCCC(C)(C)O)C[C@H](O)C[C@@]1(C)O[Si](C)(C)C(C)(C)C. The second kappa shape index (κ2) is 11.3. The maximum absolute atomic E-state index is 10.9. The normalized spacial score (nSPS) is 36.1. The van der Waals surface area contributed by atoms with Crippen LogP contribution in [-0.4, -0.2) is 35.8 Å². The summed E-state index contributed by atoms with van der Waals surface area (Å²) in [5.74, 6) is 2.12. The molecule has 3 saturated carbocycles. The van der Waals surface area contributed by atoms with Crippen molar-refractivity contribution in [1.82, 2.24) is 0 Å². The molecule has 0 amide bonds. The molecule has 0 aromatic rings. The molecule has 2 unspecified atom stereocenters. The number of hydrogen-bond acceptors (Lipinski definition) is 3. The van der Waals surface area contributed by atoms with Gasteiger partial charge in [0, 0.05) is 6.42 Å². The molecule has 218 valence electrons. The van der Waals surface area contributed by atoms with E-state index in [2.05, 4.69) is 73.4 Å².